The van der Waals surface area contributed by atoms with Gasteiger partial charge in [-0.25, -0.2) is 0 Å². The summed E-state index contributed by atoms with van der Waals surface area (Å²) < 4.78 is 0. The largest absolute Gasteiger partial charge is 0.290 e. The van der Waals surface area contributed by atoms with Crippen LogP contribution in [0.15, 0.2) is 237 Å². The Morgan fingerprint density at radius 3 is 0.488 bits per heavy atom. The second-order valence-electron chi connectivity index (χ2n) is 23.2. The van der Waals surface area contributed by atoms with Crippen molar-refractivity contribution in [2.75, 3.05) is 39.3 Å². The number of aromatic nitrogens is 3. The maximum atomic E-state index is 5.56. The van der Waals surface area contributed by atoms with Crippen LogP contribution in [0.2, 0.25) is 0 Å². The standard InChI is InChI=1S/C75H87N9/c1-58(64-28-13-7-14-29-64)79-46-47-80(59(2)65-30-15-8-16-31-65)53-72-42-26-43-73(77-72)55-83(62(5)68-36-21-11-22-37-68)50-51-84(63(6)69-38-23-12-24-39-69)57-75-45-27-44-74(78-75)56-82(61(4)67-34-19-10-20-35-67)49-48-81(60(3)66-32-17-9-18-33-66)54-71-41-25-40-70(52-79)76-71/h7-45,58-63H,46-57H2,1-6H3/t58-,59-,60-,61-,62-,63?/m0/s1. The van der Waals surface area contributed by atoms with E-state index in [0.717, 1.165) is 73.4 Å². The second-order valence-corrected chi connectivity index (χ2v) is 23.2. The molecule has 84 heavy (non-hydrogen) atoms. The quantitative estimate of drug-likeness (QED) is 0.119. The smallest absolute Gasteiger partial charge is 0.0548 e. The van der Waals surface area contributed by atoms with Crippen LogP contribution in [0.25, 0.3) is 0 Å². The molecule has 6 aromatic carbocycles. The monoisotopic (exact) mass is 1110 g/mol. The van der Waals surface area contributed by atoms with Crippen LogP contribution < -0.4 is 0 Å². The lowest BCUT2D eigenvalue weighted by Gasteiger charge is -2.35. The Bertz CT molecular complexity index is 2780. The van der Waals surface area contributed by atoms with Gasteiger partial charge in [0, 0.05) is 115 Å². The van der Waals surface area contributed by atoms with E-state index in [1.807, 2.05) is 0 Å². The zero-order chi connectivity index (χ0) is 58.0. The van der Waals surface area contributed by atoms with Gasteiger partial charge in [-0.05, 0) is 111 Å². The predicted octanol–water partition coefficient (Wildman–Crippen LogP) is 15.7. The van der Waals surface area contributed by atoms with Gasteiger partial charge in [-0.15, -0.1) is 0 Å². The summed E-state index contributed by atoms with van der Waals surface area (Å²) in [5.74, 6) is 0. The Morgan fingerprint density at radius 2 is 0.345 bits per heavy atom. The van der Waals surface area contributed by atoms with Gasteiger partial charge in [0.05, 0.1) is 34.2 Å². The molecule has 0 radical (unpaired) electrons. The van der Waals surface area contributed by atoms with Gasteiger partial charge in [0.1, 0.15) is 0 Å². The van der Waals surface area contributed by atoms with Crippen molar-refractivity contribution in [3.8, 4) is 0 Å². The summed E-state index contributed by atoms with van der Waals surface area (Å²) in [5.41, 5.74) is 14.3. The molecule has 9 nitrogen and oxygen atoms in total. The van der Waals surface area contributed by atoms with E-state index in [9.17, 15) is 0 Å². The Balaban J connectivity index is 1.05. The molecule has 1 aliphatic rings. The van der Waals surface area contributed by atoms with Crippen LogP contribution in [0.1, 0.15) is 145 Å². The number of hydrogen-bond donors (Lipinski definition) is 0. The van der Waals surface area contributed by atoms with E-state index in [-0.39, 0.29) is 36.3 Å². The number of pyridine rings is 3. The molecule has 1 aliphatic heterocycles. The van der Waals surface area contributed by atoms with Gasteiger partial charge >= 0.3 is 0 Å². The van der Waals surface area contributed by atoms with Crippen LogP contribution in [-0.2, 0) is 39.3 Å². The Labute approximate surface area is 502 Å². The molecule has 0 saturated carbocycles. The van der Waals surface area contributed by atoms with Crippen molar-refractivity contribution in [3.63, 3.8) is 0 Å². The zero-order valence-corrected chi connectivity index (χ0v) is 50.5. The van der Waals surface area contributed by atoms with E-state index in [0.29, 0.717) is 39.3 Å². The van der Waals surface area contributed by atoms with E-state index >= 15 is 0 Å². The first-order valence-electron chi connectivity index (χ1n) is 30.7. The fourth-order valence-corrected chi connectivity index (χ4v) is 12.2. The van der Waals surface area contributed by atoms with Crippen molar-refractivity contribution in [2.45, 2.75) is 117 Å². The van der Waals surface area contributed by atoms with Crippen molar-refractivity contribution in [2.24, 2.45) is 0 Å². The van der Waals surface area contributed by atoms with Gasteiger partial charge in [-0.3, -0.25) is 44.4 Å². The summed E-state index contributed by atoms with van der Waals surface area (Å²) in [5, 5.41) is 0. The topological polar surface area (TPSA) is 58.1 Å². The van der Waals surface area contributed by atoms with E-state index in [1.54, 1.807) is 0 Å². The minimum atomic E-state index is 0.148. The van der Waals surface area contributed by atoms with E-state index in [2.05, 4.69) is 308 Å². The molecule has 6 bridgehead atoms. The summed E-state index contributed by atoms with van der Waals surface area (Å²) >= 11 is 0. The molecule has 432 valence electrons. The van der Waals surface area contributed by atoms with Gasteiger partial charge in [0.25, 0.3) is 0 Å². The first kappa shape index (κ1) is 59.7. The SMILES string of the molecule is CC(c1ccccc1)N1CCN([C@@H](C)c2ccccc2)Cc2cccc(n2)CN([C@@H](C)c2ccccc2)CCN([C@@H](C)c2ccccc2)Cc2cccc(n2)CN([C@@H](C)c2ccccc2)CCN([C@@H](C)c2ccccc2)Cc2cccc(n2)C1. The van der Waals surface area contributed by atoms with Crippen LogP contribution >= 0.6 is 0 Å². The fourth-order valence-electron chi connectivity index (χ4n) is 12.2. The zero-order valence-electron chi connectivity index (χ0n) is 50.5. The Morgan fingerprint density at radius 1 is 0.202 bits per heavy atom. The van der Waals surface area contributed by atoms with E-state index < -0.39 is 0 Å². The summed E-state index contributed by atoms with van der Waals surface area (Å²) in [6, 6.07) is 86.9. The van der Waals surface area contributed by atoms with Crippen molar-refractivity contribution < 1.29 is 0 Å². The minimum Gasteiger partial charge on any atom is -0.290 e. The molecule has 1 unspecified atom stereocenters. The molecule has 4 heterocycles. The minimum absolute atomic E-state index is 0.148. The van der Waals surface area contributed by atoms with Crippen LogP contribution in [0.5, 0.6) is 0 Å². The molecule has 0 spiro atoms. The van der Waals surface area contributed by atoms with Crippen molar-refractivity contribution in [1.82, 2.24) is 44.4 Å². The molecule has 9 heteroatoms. The number of nitrogens with zero attached hydrogens (tertiary/aromatic N) is 9. The summed E-state index contributed by atoms with van der Waals surface area (Å²) in [6.07, 6.45) is 0. The van der Waals surface area contributed by atoms with Crippen molar-refractivity contribution in [3.05, 3.63) is 304 Å². The van der Waals surface area contributed by atoms with Gasteiger partial charge < -0.3 is 0 Å². The normalized spacial score (nSPS) is 17.9. The van der Waals surface area contributed by atoms with Crippen LogP contribution in [0, 0.1) is 0 Å². The summed E-state index contributed by atoms with van der Waals surface area (Å²) in [6.45, 7) is 23.4. The average Bonchev–Trinajstić information content (AvgIpc) is 3.75. The first-order valence-corrected chi connectivity index (χ1v) is 30.7. The molecule has 6 atom stereocenters. The van der Waals surface area contributed by atoms with Crippen LogP contribution in [0.3, 0.4) is 0 Å². The van der Waals surface area contributed by atoms with Gasteiger partial charge in [-0.2, -0.15) is 0 Å². The fraction of sp³-hybridized carbons (Fsp3) is 0.320. The molecule has 0 aliphatic carbocycles. The molecule has 0 amide bonds. The summed E-state index contributed by atoms with van der Waals surface area (Å²) in [4.78, 5) is 32.4. The third kappa shape index (κ3) is 16.2. The van der Waals surface area contributed by atoms with Gasteiger partial charge in [0.15, 0.2) is 0 Å². The maximum Gasteiger partial charge on any atom is 0.0548 e. The molecule has 0 saturated heterocycles. The lowest BCUT2D eigenvalue weighted by atomic mass is 10.0. The molecule has 3 aromatic heterocycles. The van der Waals surface area contributed by atoms with Crippen molar-refractivity contribution in [1.29, 1.82) is 0 Å². The molecule has 9 aromatic rings. The third-order valence-electron chi connectivity index (χ3n) is 17.8. The molecular weight excluding hydrogens is 1030 g/mol. The average molecular weight is 1110 g/mol. The summed E-state index contributed by atoms with van der Waals surface area (Å²) in [7, 11) is 0. The van der Waals surface area contributed by atoms with Crippen LogP contribution in [0.4, 0.5) is 0 Å². The number of hydrogen-bond acceptors (Lipinski definition) is 9. The third-order valence-corrected chi connectivity index (χ3v) is 17.8. The Hall–Kier alpha value is -7.47. The van der Waals surface area contributed by atoms with Gasteiger partial charge in [-0.1, -0.05) is 200 Å². The van der Waals surface area contributed by atoms with Gasteiger partial charge in [0.2, 0.25) is 0 Å². The highest BCUT2D eigenvalue weighted by Crippen LogP contribution is 2.31. The van der Waals surface area contributed by atoms with Crippen molar-refractivity contribution >= 4 is 0 Å². The molecule has 10 rings (SSSR count). The highest BCUT2D eigenvalue weighted by molar-refractivity contribution is 5.26. The highest BCUT2D eigenvalue weighted by Gasteiger charge is 2.27. The molecule has 0 N–H and O–H groups in total. The molecular formula is C75H87N9. The predicted molar refractivity (Wildman–Crippen MR) is 344 cm³/mol. The number of benzene rings is 6. The lowest BCUT2D eigenvalue weighted by Crippen LogP contribution is -2.38. The maximum absolute atomic E-state index is 5.56. The lowest BCUT2D eigenvalue weighted by molar-refractivity contribution is 0.129. The highest BCUT2D eigenvalue weighted by atomic mass is 15.3. The second kappa shape index (κ2) is 29.9. The van der Waals surface area contributed by atoms with E-state index in [4.69, 9.17) is 15.0 Å². The van der Waals surface area contributed by atoms with Crippen LogP contribution in [-0.4, -0.2) is 83.6 Å². The number of fused-ring (bicyclic) bond motifs is 6. The number of rotatable bonds is 12. The molecule has 0 fully saturated rings. The van der Waals surface area contributed by atoms with E-state index in [1.165, 1.54) is 33.4 Å². The first-order chi connectivity index (χ1) is 41.1. The Kier molecular flexibility index (Phi) is 21.2.